The summed E-state index contributed by atoms with van der Waals surface area (Å²) in [6.45, 7) is -0.0294. The van der Waals surface area contributed by atoms with Crippen LogP contribution in [0.2, 0.25) is 0 Å². The molecule has 4 atom stereocenters. The van der Waals surface area contributed by atoms with Gasteiger partial charge < -0.3 is 25.6 Å². The fraction of sp³-hybridized carbons (Fsp3) is 0.412. The number of nitrogens with zero attached hydrogens (tertiary/aromatic N) is 2. The second-order valence-electron chi connectivity index (χ2n) is 7.18. The lowest BCUT2D eigenvalue weighted by atomic mass is 9.69. The number of nitrogen functional groups attached to an aromatic ring is 1. The number of benzene rings is 1. The lowest BCUT2D eigenvalue weighted by molar-refractivity contribution is 0.0217. The summed E-state index contributed by atoms with van der Waals surface area (Å²) in [6, 6.07) is 4.61. The second kappa shape index (κ2) is 7.88. The van der Waals surface area contributed by atoms with Gasteiger partial charge in [-0.05, 0) is 24.5 Å². The van der Waals surface area contributed by atoms with Crippen molar-refractivity contribution in [2.75, 3.05) is 35.8 Å². The molecule has 0 saturated heterocycles. The van der Waals surface area contributed by atoms with E-state index >= 15 is 0 Å². The van der Waals surface area contributed by atoms with Crippen LogP contribution in [0.25, 0.3) is 0 Å². The molecule has 1 aromatic heterocycles. The molecule has 0 radical (unpaired) electrons. The van der Waals surface area contributed by atoms with Crippen LogP contribution in [-0.2, 0) is 9.09 Å². The Morgan fingerprint density at radius 1 is 1.43 bits per heavy atom. The standard InChI is InChI=1S/C17H21FN5O6P/c18-10-2-1-3-11(5-10)29-30(26,27)28-7-12-9(6-24)4-13(12)23-8-20-14-15(23)21-17(19)22-16(14)25/h1-3,5,9,12-13,20,24H,4,6-8H2,(H,26,27)(H3,19,21,22,25)/t9-,12-,13-/m1/s1. The van der Waals surface area contributed by atoms with Crippen LogP contribution < -0.4 is 26.0 Å². The highest BCUT2D eigenvalue weighted by Crippen LogP contribution is 2.48. The maximum Gasteiger partial charge on any atom is 0.527 e. The van der Waals surface area contributed by atoms with E-state index in [2.05, 4.69) is 15.3 Å². The molecule has 162 valence electrons. The number of rotatable bonds is 7. The van der Waals surface area contributed by atoms with Crippen molar-refractivity contribution in [2.24, 2.45) is 11.8 Å². The van der Waals surface area contributed by atoms with Crippen LogP contribution in [0.15, 0.2) is 29.1 Å². The molecule has 13 heteroatoms. The Balaban J connectivity index is 1.46. The van der Waals surface area contributed by atoms with Gasteiger partial charge in [-0.25, -0.2) is 8.96 Å². The lowest BCUT2D eigenvalue weighted by Crippen LogP contribution is -2.55. The Bertz CT molecular complexity index is 1050. The number of phosphoric ester groups is 1. The van der Waals surface area contributed by atoms with Crippen molar-refractivity contribution in [2.45, 2.75) is 12.5 Å². The van der Waals surface area contributed by atoms with Gasteiger partial charge in [-0.1, -0.05) is 6.07 Å². The smallest absolute Gasteiger partial charge is 0.404 e. The number of halogens is 1. The predicted molar refractivity (Wildman–Crippen MR) is 106 cm³/mol. The van der Waals surface area contributed by atoms with Crippen LogP contribution in [-0.4, -0.2) is 45.9 Å². The number of aliphatic hydroxyl groups excluding tert-OH is 1. The molecule has 1 aliphatic carbocycles. The fourth-order valence-electron chi connectivity index (χ4n) is 3.82. The SMILES string of the molecule is Nc1nc2c(c(=O)[nH]1)NCN2[C@@H]1C[C@H](CO)[C@H]1COP(=O)(O)Oc1cccc(F)c1. The molecular formula is C17H21FN5O6P. The van der Waals surface area contributed by atoms with E-state index in [0.717, 1.165) is 6.07 Å². The van der Waals surface area contributed by atoms with Crippen molar-refractivity contribution in [1.82, 2.24) is 9.97 Å². The number of hydrogen-bond acceptors (Lipinski definition) is 9. The van der Waals surface area contributed by atoms with E-state index in [-0.39, 0.29) is 42.8 Å². The number of phosphoric acid groups is 1. The number of hydrogen-bond donors (Lipinski definition) is 5. The molecule has 1 saturated carbocycles. The molecule has 1 aromatic carbocycles. The monoisotopic (exact) mass is 441 g/mol. The van der Waals surface area contributed by atoms with Crippen molar-refractivity contribution < 1.29 is 28.0 Å². The van der Waals surface area contributed by atoms with Gasteiger partial charge in [0.25, 0.3) is 5.56 Å². The van der Waals surface area contributed by atoms with E-state index in [9.17, 15) is 23.7 Å². The average molecular weight is 441 g/mol. The summed E-state index contributed by atoms with van der Waals surface area (Å²) in [5, 5.41) is 12.6. The van der Waals surface area contributed by atoms with Gasteiger partial charge in [0.05, 0.1) is 13.3 Å². The maximum atomic E-state index is 13.2. The normalized spacial score (nSPS) is 24.5. The van der Waals surface area contributed by atoms with E-state index in [0.29, 0.717) is 24.6 Å². The van der Waals surface area contributed by atoms with Gasteiger partial charge in [-0.3, -0.25) is 19.2 Å². The first kappa shape index (κ1) is 20.6. The van der Waals surface area contributed by atoms with E-state index in [1.165, 1.54) is 18.2 Å². The number of nitrogens with two attached hydrogens (primary N) is 1. The number of aromatic nitrogens is 2. The third-order valence-electron chi connectivity index (χ3n) is 5.34. The summed E-state index contributed by atoms with van der Waals surface area (Å²) in [7, 11) is -4.52. The number of fused-ring (bicyclic) bond motifs is 1. The Kier molecular flexibility index (Phi) is 5.41. The number of aromatic amines is 1. The van der Waals surface area contributed by atoms with Crippen LogP contribution in [0.5, 0.6) is 5.75 Å². The van der Waals surface area contributed by atoms with Gasteiger partial charge in [0, 0.05) is 24.6 Å². The Morgan fingerprint density at radius 2 is 2.23 bits per heavy atom. The van der Waals surface area contributed by atoms with Gasteiger partial charge in [-0.15, -0.1) is 0 Å². The zero-order valence-electron chi connectivity index (χ0n) is 15.7. The molecule has 2 heterocycles. The summed E-state index contributed by atoms with van der Waals surface area (Å²) in [6.07, 6.45) is 0.570. The molecule has 1 aliphatic heterocycles. The minimum absolute atomic E-state index is 0.0263. The molecule has 2 aromatic rings. The van der Waals surface area contributed by atoms with Crippen molar-refractivity contribution >= 4 is 25.3 Å². The van der Waals surface area contributed by atoms with E-state index in [4.69, 9.17) is 14.8 Å². The third kappa shape index (κ3) is 3.99. The molecule has 30 heavy (non-hydrogen) atoms. The summed E-state index contributed by atoms with van der Waals surface area (Å²) in [4.78, 5) is 30.4. The first-order chi connectivity index (χ1) is 14.3. The highest BCUT2D eigenvalue weighted by atomic mass is 31.2. The van der Waals surface area contributed by atoms with E-state index < -0.39 is 19.2 Å². The van der Waals surface area contributed by atoms with Crippen molar-refractivity contribution in [3.63, 3.8) is 0 Å². The van der Waals surface area contributed by atoms with Gasteiger partial charge >= 0.3 is 7.82 Å². The number of nitrogens with one attached hydrogen (secondary N) is 2. The fourth-order valence-corrected chi connectivity index (χ4v) is 4.61. The molecular weight excluding hydrogens is 420 g/mol. The largest absolute Gasteiger partial charge is 0.527 e. The van der Waals surface area contributed by atoms with Gasteiger partial charge in [0.2, 0.25) is 5.95 Å². The Hall–Kier alpha value is -2.66. The molecule has 6 N–H and O–H groups in total. The minimum Gasteiger partial charge on any atom is -0.404 e. The van der Waals surface area contributed by atoms with Crippen LogP contribution in [0, 0.1) is 17.7 Å². The maximum absolute atomic E-state index is 13.2. The second-order valence-corrected chi connectivity index (χ2v) is 8.55. The summed E-state index contributed by atoms with van der Waals surface area (Å²) >= 11 is 0. The van der Waals surface area contributed by atoms with Crippen LogP contribution in [0.3, 0.4) is 0 Å². The third-order valence-corrected chi connectivity index (χ3v) is 6.26. The average Bonchev–Trinajstić information content (AvgIpc) is 3.04. The quantitative estimate of drug-likeness (QED) is 0.390. The van der Waals surface area contributed by atoms with E-state index in [1.807, 2.05) is 4.90 Å². The van der Waals surface area contributed by atoms with E-state index in [1.54, 1.807) is 0 Å². The molecule has 2 aliphatic rings. The highest BCUT2D eigenvalue weighted by molar-refractivity contribution is 7.47. The molecule has 11 nitrogen and oxygen atoms in total. The van der Waals surface area contributed by atoms with Crippen molar-refractivity contribution in [3.8, 4) is 5.75 Å². The van der Waals surface area contributed by atoms with Gasteiger partial charge in [0.15, 0.2) is 5.82 Å². The highest BCUT2D eigenvalue weighted by Gasteiger charge is 2.47. The molecule has 1 fully saturated rings. The molecule has 1 unspecified atom stereocenters. The minimum atomic E-state index is -4.52. The zero-order valence-corrected chi connectivity index (χ0v) is 16.6. The molecule has 0 bridgehead atoms. The first-order valence-electron chi connectivity index (χ1n) is 9.21. The molecule has 0 spiro atoms. The van der Waals surface area contributed by atoms with Gasteiger partial charge in [-0.2, -0.15) is 4.98 Å². The predicted octanol–water partition coefficient (Wildman–Crippen LogP) is 0.874. The summed E-state index contributed by atoms with van der Waals surface area (Å²) in [5.41, 5.74) is 5.54. The number of H-pyrrole nitrogens is 1. The van der Waals surface area contributed by atoms with Crippen LogP contribution in [0.1, 0.15) is 6.42 Å². The van der Waals surface area contributed by atoms with Gasteiger partial charge in [0.1, 0.15) is 17.3 Å². The summed E-state index contributed by atoms with van der Waals surface area (Å²) in [5.74, 6) is -0.906. The Morgan fingerprint density at radius 3 is 2.97 bits per heavy atom. The Labute approximate surface area is 170 Å². The van der Waals surface area contributed by atoms with Crippen LogP contribution in [0.4, 0.5) is 21.8 Å². The summed E-state index contributed by atoms with van der Waals surface area (Å²) < 4.78 is 35.6. The number of anilines is 3. The van der Waals surface area contributed by atoms with Crippen LogP contribution >= 0.6 is 7.82 Å². The lowest BCUT2D eigenvalue weighted by Gasteiger charge is -2.48. The topological polar surface area (TPSA) is 163 Å². The molecule has 4 rings (SSSR count). The van der Waals surface area contributed by atoms with Crippen molar-refractivity contribution in [1.29, 1.82) is 0 Å². The first-order valence-corrected chi connectivity index (χ1v) is 10.7. The zero-order chi connectivity index (χ0) is 21.5. The molecule has 0 amide bonds. The number of aliphatic hydroxyl groups is 1. The van der Waals surface area contributed by atoms with Crippen molar-refractivity contribution in [3.05, 3.63) is 40.4 Å².